The Morgan fingerprint density at radius 3 is 2.92 bits per heavy atom. The molecule has 0 saturated carbocycles. The van der Waals surface area contributed by atoms with Gasteiger partial charge in [-0.3, -0.25) is 14.3 Å². The number of benzene rings is 2. The summed E-state index contributed by atoms with van der Waals surface area (Å²) in [5.74, 6) is 0.580. The fraction of sp³-hybridized carbons (Fsp3) is 0.429. The molecular formula is C28H31N5O4. The highest BCUT2D eigenvalue weighted by atomic mass is 16.5. The van der Waals surface area contributed by atoms with Gasteiger partial charge >= 0.3 is 0 Å². The molecule has 1 aromatic heterocycles. The summed E-state index contributed by atoms with van der Waals surface area (Å²) in [6.07, 6.45) is 3.12. The first-order valence-electron chi connectivity index (χ1n) is 12.9. The summed E-state index contributed by atoms with van der Waals surface area (Å²) < 4.78 is 13.6. The maximum Gasteiger partial charge on any atom is 0.249 e. The van der Waals surface area contributed by atoms with E-state index >= 15 is 0 Å². The van der Waals surface area contributed by atoms with Gasteiger partial charge in [0, 0.05) is 25.2 Å². The number of hydrogen-bond donors (Lipinski definition) is 0. The van der Waals surface area contributed by atoms with Gasteiger partial charge in [-0.15, -0.1) is 5.10 Å². The molecule has 1 spiro atoms. The number of rotatable bonds is 3. The fourth-order valence-electron chi connectivity index (χ4n) is 5.97. The van der Waals surface area contributed by atoms with Crippen molar-refractivity contribution in [2.75, 3.05) is 24.7 Å². The number of likely N-dealkylation sites (tertiary alicyclic amines) is 1. The largest absolute Gasteiger partial charge is 0.494 e. The van der Waals surface area contributed by atoms with E-state index in [4.69, 9.17) is 9.47 Å². The first-order chi connectivity index (χ1) is 18.0. The molecule has 0 N–H and O–H groups in total. The quantitative estimate of drug-likeness (QED) is 0.547. The van der Waals surface area contributed by atoms with Crippen LogP contribution < -0.4 is 9.64 Å². The fourth-order valence-corrected chi connectivity index (χ4v) is 5.97. The van der Waals surface area contributed by atoms with Gasteiger partial charge in [-0.2, -0.15) is 0 Å². The minimum atomic E-state index is -0.918. The molecule has 2 atom stereocenters. The van der Waals surface area contributed by atoms with Crippen LogP contribution in [0.3, 0.4) is 0 Å². The van der Waals surface area contributed by atoms with Crippen molar-refractivity contribution in [1.29, 1.82) is 0 Å². The summed E-state index contributed by atoms with van der Waals surface area (Å²) in [6.45, 7) is 5.77. The molecule has 0 aliphatic carbocycles. The monoisotopic (exact) mass is 501 g/mol. The standard InChI is InChI=1S/C28H31N5O4/c1-19(2)37-18-25(34)32-13-11-28-23-9-3-4-10-24(23)33(27(28)35)17-21-16-31(30-29-21)12-6-14-36-22-8-5-7-20(15-22)26(28)32/h3-5,7-10,15-16,19,26H,6,11-14,17-18H2,1-2H3/t26-,28+/m0/s1. The van der Waals surface area contributed by atoms with Crippen LogP contribution in [0.25, 0.3) is 0 Å². The van der Waals surface area contributed by atoms with Crippen molar-refractivity contribution in [3.8, 4) is 5.75 Å². The Labute approximate surface area is 216 Å². The third-order valence-corrected chi connectivity index (χ3v) is 7.57. The maximum absolute atomic E-state index is 14.5. The molecule has 1 fully saturated rings. The lowest BCUT2D eigenvalue weighted by atomic mass is 9.72. The Morgan fingerprint density at radius 1 is 1.19 bits per heavy atom. The molecule has 3 aliphatic heterocycles. The van der Waals surface area contributed by atoms with Gasteiger partial charge in [-0.05, 0) is 49.6 Å². The minimum absolute atomic E-state index is 0.0190. The number of amides is 2. The molecule has 0 unspecified atom stereocenters. The summed E-state index contributed by atoms with van der Waals surface area (Å²) in [6, 6.07) is 15.3. The van der Waals surface area contributed by atoms with Gasteiger partial charge in [0.25, 0.3) is 0 Å². The Balaban J connectivity index is 1.51. The second-order valence-corrected chi connectivity index (χ2v) is 10.2. The highest BCUT2D eigenvalue weighted by Crippen LogP contribution is 2.57. The number of hydrogen-bond acceptors (Lipinski definition) is 6. The predicted octanol–water partition coefficient (Wildman–Crippen LogP) is 3.24. The second-order valence-electron chi connectivity index (χ2n) is 10.2. The molecule has 0 radical (unpaired) electrons. The third-order valence-electron chi connectivity index (χ3n) is 7.57. The van der Waals surface area contributed by atoms with Crippen LogP contribution in [0, 0.1) is 0 Å². The van der Waals surface area contributed by atoms with Gasteiger partial charge in [0.05, 0.1) is 31.5 Å². The number of aromatic nitrogens is 3. The van der Waals surface area contributed by atoms with Crippen molar-refractivity contribution in [1.82, 2.24) is 19.9 Å². The summed E-state index contributed by atoms with van der Waals surface area (Å²) in [5.41, 5.74) is 2.50. The lowest BCUT2D eigenvalue weighted by Gasteiger charge is -2.35. The normalized spacial score (nSPS) is 22.8. The Bertz CT molecular complexity index is 1340. The zero-order chi connectivity index (χ0) is 25.6. The molecular weight excluding hydrogens is 470 g/mol. The molecule has 2 aromatic carbocycles. The number of ether oxygens (including phenoxy) is 2. The van der Waals surface area contributed by atoms with Gasteiger partial charge in [-0.1, -0.05) is 35.5 Å². The van der Waals surface area contributed by atoms with Crippen LogP contribution in [-0.4, -0.2) is 57.6 Å². The van der Waals surface area contributed by atoms with Crippen LogP contribution in [0.2, 0.25) is 0 Å². The number of carbonyl (C=O) groups excluding carboxylic acids is 2. The van der Waals surface area contributed by atoms with E-state index in [1.165, 1.54) is 0 Å². The molecule has 2 amide bonds. The zero-order valence-corrected chi connectivity index (χ0v) is 21.2. The first-order valence-corrected chi connectivity index (χ1v) is 12.9. The summed E-state index contributed by atoms with van der Waals surface area (Å²) >= 11 is 0. The van der Waals surface area contributed by atoms with E-state index in [1.807, 2.05) is 78.4 Å². The smallest absolute Gasteiger partial charge is 0.249 e. The highest BCUT2D eigenvalue weighted by molar-refractivity contribution is 6.09. The molecule has 6 rings (SSSR count). The van der Waals surface area contributed by atoms with E-state index in [0.717, 1.165) is 34.7 Å². The zero-order valence-electron chi connectivity index (χ0n) is 21.2. The van der Waals surface area contributed by atoms with Gasteiger partial charge in [0.2, 0.25) is 11.8 Å². The number of aryl methyl sites for hydroxylation is 1. The van der Waals surface area contributed by atoms with Crippen molar-refractivity contribution in [2.45, 2.75) is 57.3 Å². The van der Waals surface area contributed by atoms with Crippen molar-refractivity contribution in [3.05, 3.63) is 71.5 Å². The van der Waals surface area contributed by atoms with E-state index in [9.17, 15) is 9.59 Å². The van der Waals surface area contributed by atoms with Crippen molar-refractivity contribution in [3.63, 3.8) is 0 Å². The third kappa shape index (κ3) is 3.98. The van der Waals surface area contributed by atoms with Crippen LogP contribution in [0.5, 0.6) is 5.75 Å². The molecule has 6 bridgehead atoms. The Kier molecular flexibility index (Phi) is 5.95. The lowest BCUT2D eigenvalue weighted by Crippen LogP contribution is -2.46. The second kappa shape index (κ2) is 9.30. The summed E-state index contributed by atoms with van der Waals surface area (Å²) in [7, 11) is 0. The van der Waals surface area contributed by atoms with Gasteiger partial charge < -0.3 is 19.3 Å². The van der Waals surface area contributed by atoms with E-state index < -0.39 is 11.5 Å². The van der Waals surface area contributed by atoms with Crippen LogP contribution in [0.15, 0.2) is 54.7 Å². The Hall–Kier alpha value is -3.72. The average Bonchev–Trinajstić information content (AvgIpc) is 3.58. The molecule has 1 saturated heterocycles. The first kappa shape index (κ1) is 23.7. The van der Waals surface area contributed by atoms with Crippen LogP contribution >= 0.6 is 0 Å². The number of carbonyl (C=O) groups is 2. The molecule has 9 heteroatoms. The van der Waals surface area contributed by atoms with E-state index in [0.29, 0.717) is 32.7 Å². The highest BCUT2D eigenvalue weighted by Gasteiger charge is 2.61. The summed E-state index contributed by atoms with van der Waals surface area (Å²) in [4.78, 5) is 31.7. The SMILES string of the molecule is CC(C)OCC(=O)N1CC[C@]23C(=O)N(Cc4cn(nn4)CCCOc4cccc(c4)[C@H]12)c1ccccc13. The van der Waals surface area contributed by atoms with E-state index in [-0.39, 0.29) is 24.5 Å². The topological polar surface area (TPSA) is 89.8 Å². The van der Waals surface area contributed by atoms with E-state index in [1.54, 1.807) is 4.68 Å². The van der Waals surface area contributed by atoms with Gasteiger partial charge in [0.15, 0.2) is 0 Å². The molecule has 192 valence electrons. The van der Waals surface area contributed by atoms with Crippen molar-refractivity contribution >= 4 is 17.5 Å². The van der Waals surface area contributed by atoms with E-state index in [2.05, 4.69) is 10.3 Å². The molecule has 9 nitrogen and oxygen atoms in total. The summed E-state index contributed by atoms with van der Waals surface area (Å²) in [5, 5.41) is 8.59. The van der Waals surface area contributed by atoms with Crippen molar-refractivity contribution in [2.24, 2.45) is 0 Å². The molecule has 37 heavy (non-hydrogen) atoms. The lowest BCUT2D eigenvalue weighted by molar-refractivity contribution is -0.139. The van der Waals surface area contributed by atoms with Crippen LogP contribution in [0.4, 0.5) is 5.69 Å². The van der Waals surface area contributed by atoms with Crippen LogP contribution in [-0.2, 0) is 32.8 Å². The van der Waals surface area contributed by atoms with Gasteiger partial charge in [-0.25, -0.2) is 0 Å². The number of fused-ring (bicyclic) bond motifs is 8. The molecule has 3 aliphatic rings. The number of para-hydroxylation sites is 1. The molecule has 3 aromatic rings. The van der Waals surface area contributed by atoms with Crippen molar-refractivity contribution < 1.29 is 19.1 Å². The van der Waals surface area contributed by atoms with Crippen LogP contribution in [0.1, 0.15) is 49.6 Å². The maximum atomic E-state index is 14.5. The number of anilines is 1. The minimum Gasteiger partial charge on any atom is -0.494 e. The predicted molar refractivity (Wildman–Crippen MR) is 136 cm³/mol. The number of nitrogens with zero attached hydrogens (tertiary/aromatic N) is 5. The molecule has 4 heterocycles. The average molecular weight is 502 g/mol. The Morgan fingerprint density at radius 2 is 2.05 bits per heavy atom. The van der Waals surface area contributed by atoms with Gasteiger partial charge in [0.1, 0.15) is 23.5 Å².